The zero-order chi connectivity index (χ0) is 18.7. The number of fused-ring (bicyclic) bond motifs is 1. The lowest BCUT2D eigenvalue weighted by atomic mass is 10.1. The summed E-state index contributed by atoms with van der Waals surface area (Å²) in [4.78, 5) is 37.3. The van der Waals surface area contributed by atoms with Crippen LogP contribution in [0, 0.1) is 0 Å². The highest BCUT2D eigenvalue weighted by atomic mass is 16.5. The molecule has 26 heavy (non-hydrogen) atoms. The number of hydrogen-bond acceptors (Lipinski definition) is 5. The maximum atomic E-state index is 12.6. The highest BCUT2D eigenvalue weighted by Gasteiger charge is 2.24. The first-order valence-corrected chi connectivity index (χ1v) is 8.77. The molecule has 0 radical (unpaired) electrons. The number of carbonyl (C=O) groups is 2. The average Bonchev–Trinajstić information content (AvgIpc) is 2.84. The first-order valence-electron chi connectivity index (χ1n) is 8.77. The van der Waals surface area contributed by atoms with E-state index in [4.69, 9.17) is 9.15 Å². The maximum Gasteiger partial charge on any atom is 0.336 e. The van der Waals surface area contributed by atoms with Gasteiger partial charge in [0.05, 0.1) is 0 Å². The van der Waals surface area contributed by atoms with E-state index in [0.29, 0.717) is 37.4 Å². The second kappa shape index (κ2) is 7.59. The summed E-state index contributed by atoms with van der Waals surface area (Å²) < 4.78 is 11.0. The van der Waals surface area contributed by atoms with Gasteiger partial charge in [0, 0.05) is 43.6 Å². The molecule has 1 N–H and O–H groups in total. The molecule has 0 aliphatic carbocycles. The van der Waals surface area contributed by atoms with Gasteiger partial charge in [-0.25, -0.2) is 4.79 Å². The van der Waals surface area contributed by atoms with Crippen molar-refractivity contribution in [1.82, 2.24) is 10.2 Å². The molecule has 1 fully saturated rings. The van der Waals surface area contributed by atoms with Crippen LogP contribution in [-0.2, 0) is 16.0 Å². The predicted octanol–water partition coefficient (Wildman–Crippen LogP) is 1.47. The number of nitrogens with zero attached hydrogens (tertiary/aromatic N) is 1. The number of ether oxygens (including phenoxy) is 1. The van der Waals surface area contributed by atoms with Crippen LogP contribution < -0.4 is 15.7 Å². The van der Waals surface area contributed by atoms with Gasteiger partial charge in [0.2, 0.25) is 5.91 Å². The molecule has 1 aliphatic rings. The summed E-state index contributed by atoms with van der Waals surface area (Å²) in [5.74, 6) is 0.231. The molecule has 138 valence electrons. The molecule has 2 heterocycles. The summed E-state index contributed by atoms with van der Waals surface area (Å²) in [6.45, 7) is 4.93. The standard InChI is InChI=1S/C19H22N2O5/c1-3-13-10-18(23)26-16-11-14(4-5-15(13)16)25-12(2)19(24)21-8-6-17(22)20-7-9-21/h4-5,10-12H,3,6-9H2,1-2H3,(H,20,22). The third-order valence-corrected chi connectivity index (χ3v) is 4.47. The Kier molecular flexibility index (Phi) is 5.25. The van der Waals surface area contributed by atoms with Crippen LogP contribution in [0.1, 0.15) is 25.8 Å². The van der Waals surface area contributed by atoms with Crippen molar-refractivity contribution in [2.75, 3.05) is 19.6 Å². The largest absolute Gasteiger partial charge is 0.481 e. The summed E-state index contributed by atoms with van der Waals surface area (Å²) in [6.07, 6.45) is 0.305. The molecule has 1 aromatic carbocycles. The Bertz CT molecular complexity index is 889. The zero-order valence-electron chi connectivity index (χ0n) is 14.9. The minimum absolute atomic E-state index is 0.0508. The molecule has 1 unspecified atom stereocenters. The first-order chi connectivity index (χ1) is 12.5. The van der Waals surface area contributed by atoms with Gasteiger partial charge in [-0.3, -0.25) is 9.59 Å². The fourth-order valence-corrected chi connectivity index (χ4v) is 3.08. The molecule has 0 spiro atoms. The SMILES string of the molecule is CCc1cc(=O)oc2cc(OC(C)C(=O)N3CCNC(=O)CC3)ccc12. The Morgan fingerprint density at radius 3 is 2.88 bits per heavy atom. The van der Waals surface area contributed by atoms with Crippen LogP contribution in [0.25, 0.3) is 11.0 Å². The van der Waals surface area contributed by atoms with Gasteiger partial charge in [-0.2, -0.15) is 0 Å². The molecule has 3 rings (SSSR count). The summed E-state index contributed by atoms with van der Waals surface area (Å²) in [5.41, 5.74) is 0.946. The molecule has 0 saturated carbocycles. The summed E-state index contributed by atoms with van der Waals surface area (Å²) in [5, 5.41) is 3.60. The minimum atomic E-state index is -0.707. The van der Waals surface area contributed by atoms with Gasteiger partial charge in [-0.05, 0) is 31.0 Å². The van der Waals surface area contributed by atoms with Gasteiger partial charge in [0.25, 0.3) is 5.91 Å². The molecule has 1 aromatic heterocycles. The second-order valence-corrected chi connectivity index (χ2v) is 6.29. The van der Waals surface area contributed by atoms with Crippen LogP contribution in [0.5, 0.6) is 5.75 Å². The average molecular weight is 358 g/mol. The lowest BCUT2D eigenvalue weighted by Gasteiger charge is -2.24. The van der Waals surface area contributed by atoms with E-state index in [-0.39, 0.29) is 11.8 Å². The van der Waals surface area contributed by atoms with Crippen molar-refractivity contribution in [3.05, 3.63) is 40.2 Å². The summed E-state index contributed by atoms with van der Waals surface area (Å²) >= 11 is 0. The van der Waals surface area contributed by atoms with Crippen molar-refractivity contribution in [3.8, 4) is 5.75 Å². The van der Waals surface area contributed by atoms with E-state index >= 15 is 0 Å². The van der Waals surface area contributed by atoms with E-state index < -0.39 is 11.7 Å². The van der Waals surface area contributed by atoms with E-state index in [1.54, 1.807) is 24.0 Å². The Labute approximate surface area is 150 Å². The third kappa shape index (κ3) is 3.87. The normalized spacial score (nSPS) is 16.1. The first kappa shape index (κ1) is 18.0. The molecule has 7 nitrogen and oxygen atoms in total. The van der Waals surface area contributed by atoms with E-state index in [2.05, 4.69) is 5.32 Å². The van der Waals surface area contributed by atoms with Crippen molar-refractivity contribution in [2.24, 2.45) is 0 Å². The van der Waals surface area contributed by atoms with Crippen molar-refractivity contribution >= 4 is 22.8 Å². The summed E-state index contributed by atoms with van der Waals surface area (Å²) in [7, 11) is 0. The Morgan fingerprint density at radius 1 is 1.31 bits per heavy atom. The van der Waals surface area contributed by atoms with Gasteiger partial charge in [-0.1, -0.05) is 6.92 Å². The second-order valence-electron chi connectivity index (χ2n) is 6.29. The van der Waals surface area contributed by atoms with Crippen LogP contribution in [0.4, 0.5) is 0 Å². The lowest BCUT2D eigenvalue weighted by Crippen LogP contribution is -2.42. The van der Waals surface area contributed by atoms with Gasteiger partial charge in [-0.15, -0.1) is 0 Å². The van der Waals surface area contributed by atoms with Crippen LogP contribution in [0.2, 0.25) is 0 Å². The number of nitrogens with one attached hydrogen (secondary N) is 1. The molecule has 2 amide bonds. The number of amides is 2. The highest BCUT2D eigenvalue weighted by Crippen LogP contribution is 2.24. The Balaban J connectivity index is 1.76. The monoisotopic (exact) mass is 358 g/mol. The molecule has 2 aromatic rings. The van der Waals surface area contributed by atoms with Gasteiger partial charge in [0.1, 0.15) is 11.3 Å². The van der Waals surface area contributed by atoms with Crippen LogP contribution in [0.15, 0.2) is 33.5 Å². The minimum Gasteiger partial charge on any atom is -0.481 e. The van der Waals surface area contributed by atoms with E-state index in [0.717, 1.165) is 17.4 Å². The van der Waals surface area contributed by atoms with Crippen molar-refractivity contribution < 1.29 is 18.7 Å². The lowest BCUT2D eigenvalue weighted by molar-refractivity contribution is -0.137. The molecular formula is C19H22N2O5. The smallest absolute Gasteiger partial charge is 0.336 e. The van der Waals surface area contributed by atoms with Crippen LogP contribution >= 0.6 is 0 Å². The van der Waals surface area contributed by atoms with E-state index in [9.17, 15) is 14.4 Å². The molecule has 7 heteroatoms. The molecule has 1 atom stereocenters. The van der Waals surface area contributed by atoms with Crippen LogP contribution in [0.3, 0.4) is 0 Å². The van der Waals surface area contributed by atoms with E-state index in [1.165, 1.54) is 6.07 Å². The fraction of sp³-hybridized carbons (Fsp3) is 0.421. The summed E-state index contributed by atoms with van der Waals surface area (Å²) in [6, 6.07) is 6.72. The molecule has 1 aliphatic heterocycles. The number of carbonyl (C=O) groups excluding carboxylic acids is 2. The zero-order valence-corrected chi connectivity index (χ0v) is 14.9. The number of rotatable bonds is 4. The third-order valence-electron chi connectivity index (χ3n) is 4.47. The topological polar surface area (TPSA) is 88.8 Å². The number of aryl methyl sites for hydroxylation is 1. The molecule has 1 saturated heterocycles. The highest BCUT2D eigenvalue weighted by molar-refractivity contribution is 5.84. The van der Waals surface area contributed by atoms with Gasteiger partial charge < -0.3 is 19.4 Å². The van der Waals surface area contributed by atoms with E-state index in [1.807, 2.05) is 13.0 Å². The number of benzene rings is 1. The van der Waals surface area contributed by atoms with Crippen molar-refractivity contribution in [3.63, 3.8) is 0 Å². The number of hydrogen-bond donors (Lipinski definition) is 1. The Hall–Kier alpha value is -2.83. The van der Waals surface area contributed by atoms with Crippen molar-refractivity contribution in [2.45, 2.75) is 32.8 Å². The van der Waals surface area contributed by atoms with Gasteiger partial charge >= 0.3 is 5.63 Å². The van der Waals surface area contributed by atoms with Crippen LogP contribution in [-0.4, -0.2) is 42.5 Å². The van der Waals surface area contributed by atoms with Gasteiger partial charge in [0.15, 0.2) is 6.10 Å². The Morgan fingerprint density at radius 2 is 2.12 bits per heavy atom. The predicted molar refractivity (Wildman–Crippen MR) is 96.2 cm³/mol. The quantitative estimate of drug-likeness (QED) is 0.836. The maximum absolute atomic E-state index is 12.6. The fourth-order valence-electron chi connectivity index (χ4n) is 3.08. The van der Waals surface area contributed by atoms with Crippen molar-refractivity contribution in [1.29, 1.82) is 0 Å². The molecular weight excluding hydrogens is 336 g/mol. The molecule has 0 bridgehead atoms.